The van der Waals surface area contributed by atoms with Gasteiger partial charge in [0.2, 0.25) is 0 Å². The number of hydrogen-bond donors (Lipinski definition) is 3. The molecule has 1 radical (unpaired) electrons. The number of amidine groups is 1. The third-order valence-electron chi connectivity index (χ3n) is 1.56. The zero-order valence-corrected chi connectivity index (χ0v) is 7.04. The van der Waals surface area contributed by atoms with Crippen LogP contribution >= 0.6 is 0 Å². The fourth-order valence-electron chi connectivity index (χ4n) is 0.913. The second-order valence-electron chi connectivity index (χ2n) is 2.34. The lowest BCUT2D eigenvalue weighted by atomic mass is 9.78. The predicted molar refractivity (Wildman–Crippen MR) is 51.8 cm³/mol. The Kier molecular flexibility index (Phi) is 2.93. The van der Waals surface area contributed by atoms with Gasteiger partial charge >= 0.3 is 0 Å². The summed E-state index contributed by atoms with van der Waals surface area (Å²) >= 11 is 0. The van der Waals surface area contributed by atoms with E-state index in [0.717, 1.165) is 11.3 Å². The Bertz CT molecular complexity index is 279. The lowest BCUT2D eigenvalue weighted by molar-refractivity contribution is 1.06. The molecule has 1 rings (SSSR count). The molecule has 0 bridgehead atoms. The minimum absolute atomic E-state index is 0.218. The maximum atomic E-state index is 5.60. The van der Waals surface area contributed by atoms with E-state index in [2.05, 4.69) is 9.98 Å². The van der Waals surface area contributed by atoms with Crippen LogP contribution < -0.4 is 17.1 Å². The first-order chi connectivity index (χ1) is 5.77. The summed E-state index contributed by atoms with van der Waals surface area (Å²) in [4.78, 5) is 6.95. The number of hydrogen-bond acceptors (Lipinski definition) is 2. The molecule has 5 heteroatoms. The van der Waals surface area contributed by atoms with E-state index in [1.807, 2.05) is 26.2 Å². The summed E-state index contributed by atoms with van der Waals surface area (Å²) in [6.07, 6.45) is 0. The zero-order chi connectivity index (χ0) is 8.97. The maximum absolute atomic E-state index is 5.60. The molecular formula is C7H12BN4. The summed E-state index contributed by atoms with van der Waals surface area (Å²) in [6, 6.07) is 3.82. The molecule has 0 atom stereocenters. The van der Waals surface area contributed by atoms with Crippen molar-refractivity contribution in [3.63, 3.8) is 0 Å². The first-order valence-corrected chi connectivity index (χ1v) is 3.76. The summed E-state index contributed by atoms with van der Waals surface area (Å²) in [7, 11) is 1.96. The van der Waals surface area contributed by atoms with Gasteiger partial charge in [-0.05, 0) is 11.7 Å². The van der Waals surface area contributed by atoms with Crippen molar-refractivity contribution in [1.82, 2.24) is 4.98 Å². The molecule has 0 unspecified atom stereocenters. The number of nitrogens with one attached hydrogen (secondary N) is 1. The van der Waals surface area contributed by atoms with E-state index in [9.17, 15) is 0 Å². The van der Waals surface area contributed by atoms with Crippen LogP contribution in [-0.4, -0.2) is 24.8 Å². The van der Waals surface area contributed by atoms with Gasteiger partial charge in [-0.2, -0.15) is 0 Å². The molecule has 1 aromatic heterocycles. The van der Waals surface area contributed by atoms with Gasteiger partial charge in [-0.1, -0.05) is 12.9 Å². The lowest BCUT2D eigenvalue weighted by Crippen LogP contribution is -2.19. The number of aromatic amines is 1. The van der Waals surface area contributed by atoms with Gasteiger partial charge < -0.3 is 16.5 Å². The Labute approximate surface area is 72.3 Å². The number of nitrogens with two attached hydrogens (primary N) is 2. The number of aliphatic imine (C=N–C) groups is 1. The Hall–Kier alpha value is -1.23. The van der Waals surface area contributed by atoms with Gasteiger partial charge in [0, 0.05) is 0 Å². The topological polar surface area (TPSA) is 80.2 Å². The molecule has 1 heterocycles. The first-order valence-electron chi connectivity index (χ1n) is 3.76. The summed E-state index contributed by atoms with van der Waals surface area (Å²) in [5, 5.41) is 0. The van der Waals surface area contributed by atoms with Crippen LogP contribution in [0.3, 0.4) is 0 Å². The van der Waals surface area contributed by atoms with E-state index < -0.39 is 0 Å². The molecular weight excluding hydrogens is 151 g/mol. The van der Waals surface area contributed by atoms with Crippen LogP contribution in [0.25, 0.3) is 0 Å². The Balaban J connectivity index is 2.81. The Morgan fingerprint density at radius 1 is 1.67 bits per heavy atom. The minimum Gasteiger partial charge on any atom is -0.382 e. The number of rotatable bonds is 3. The molecule has 0 aliphatic rings. The molecule has 0 aliphatic carbocycles. The highest BCUT2D eigenvalue weighted by molar-refractivity contribution is 6.50. The second kappa shape index (κ2) is 3.97. The van der Waals surface area contributed by atoms with Crippen LogP contribution in [0.1, 0.15) is 5.69 Å². The number of aromatic nitrogens is 1. The van der Waals surface area contributed by atoms with Gasteiger partial charge in [-0.15, -0.1) is 0 Å². The quantitative estimate of drug-likeness (QED) is 0.304. The van der Waals surface area contributed by atoms with E-state index >= 15 is 0 Å². The summed E-state index contributed by atoms with van der Waals surface area (Å²) < 4.78 is 0. The van der Waals surface area contributed by atoms with Crippen LogP contribution in [0.15, 0.2) is 17.1 Å². The molecule has 0 amide bonds. The Morgan fingerprint density at radius 2 is 2.42 bits per heavy atom. The zero-order valence-electron chi connectivity index (χ0n) is 7.04. The Morgan fingerprint density at radius 3 is 2.92 bits per heavy atom. The highest BCUT2D eigenvalue weighted by atomic mass is 14.9. The number of H-pyrrole nitrogens is 1. The first kappa shape index (κ1) is 8.87. The normalized spacial score (nSPS) is 11.7. The molecule has 4 nitrogen and oxygen atoms in total. The highest BCUT2D eigenvalue weighted by Gasteiger charge is 2.00. The molecule has 12 heavy (non-hydrogen) atoms. The van der Waals surface area contributed by atoms with E-state index in [1.165, 1.54) is 0 Å². The average Bonchev–Trinajstić information content (AvgIpc) is 2.52. The van der Waals surface area contributed by atoms with Crippen LogP contribution in [0.5, 0.6) is 0 Å². The summed E-state index contributed by atoms with van der Waals surface area (Å²) in [5.41, 5.74) is 12.7. The molecule has 0 saturated carbocycles. The molecule has 5 N–H and O–H groups in total. The molecule has 0 aliphatic heterocycles. The number of nitrogens with zero attached hydrogens (tertiary/aromatic N) is 1. The summed E-state index contributed by atoms with van der Waals surface area (Å²) in [5.74, 6) is 0.450. The van der Waals surface area contributed by atoms with Gasteiger partial charge in [0.05, 0.1) is 12.4 Å². The van der Waals surface area contributed by atoms with E-state index in [1.54, 1.807) is 0 Å². The van der Waals surface area contributed by atoms with Gasteiger partial charge in [-0.25, -0.2) is 0 Å². The third kappa shape index (κ3) is 1.89. The van der Waals surface area contributed by atoms with Crippen molar-refractivity contribution < 1.29 is 0 Å². The largest absolute Gasteiger partial charge is 0.382 e. The molecule has 1 aromatic rings. The van der Waals surface area contributed by atoms with Gasteiger partial charge in [0.1, 0.15) is 5.84 Å². The van der Waals surface area contributed by atoms with E-state index in [4.69, 9.17) is 11.5 Å². The lowest BCUT2D eigenvalue weighted by Gasteiger charge is -1.95. The average molecular weight is 163 g/mol. The van der Waals surface area contributed by atoms with Crippen LogP contribution in [0.2, 0.25) is 6.82 Å². The predicted octanol–water partition coefficient (Wildman–Crippen LogP) is -0.986. The van der Waals surface area contributed by atoms with Gasteiger partial charge in [-0.3, -0.25) is 4.99 Å². The second-order valence-corrected chi connectivity index (χ2v) is 2.34. The smallest absolute Gasteiger partial charge is 0.171 e. The molecule has 63 valence electrons. The minimum atomic E-state index is 0.218. The van der Waals surface area contributed by atoms with Crippen LogP contribution in [-0.2, 0) is 0 Å². The molecule has 0 fully saturated rings. The van der Waals surface area contributed by atoms with Crippen molar-refractivity contribution in [2.45, 2.75) is 6.82 Å². The van der Waals surface area contributed by atoms with Crippen molar-refractivity contribution in [2.75, 3.05) is 6.67 Å². The highest BCUT2D eigenvalue weighted by Crippen LogP contribution is 1.91. The SMILES string of the molecule is C[B]c1ccc(C(N)=NCN)[nH]1. The van der Waals surface area contributed by atoms with E-state index in [-0.39, 0.29) is 6.67 Å². The standard InChI is InChI=1S/C7H12BN4/c1-8-6-3-2-5(12-6)7(10)11-4-9/h2-3,12H,4,9H2,1H3,(H2,10,11). The van der Waals surface area contributed by atoms with Crippen LogP contribution in [0, 0.1) is 0 Å². The van der Waals surface area contributed by atoms with Crippen molar-refractivity contribution >= 4 is 18.7 Å². The summed E-state index contributed by atoms with van der Waals surface area (Å²) in [6.45, 7) is 2.17. The van der Waals surface area contributed by atoms with Gasteiger partial charge in [0.25, 0.3) is 0 Å². The van der Waals surface area contributed by atoms with Crippen molar-refractivity contribution in [3.05, 3.63) is 17.8 Å². The van der Waals surface area contributed by atoms with Gasteiger partial charge in [0.15, 0.2) is 7.28 Å². The monoisotopic (exact) mass is 163 g/mol. The molecule has 0 spiro atoms. The molecule has 0 aromatic carbocycles. The van der Waals surface area contributed by atoms with Crippen molar-refractivity contribution in [2.24, 2.45) is 16.5 Å². The van der Waals surface area contributed by atoms with Crippen molar-refractivity contribution in [3.8, 4) is 0 Å². The fourth-order valence-corrected chi connectivity index (χ4v) is 0.913. The fraction of sp³-hybridized carbons (Fsp3) is 0.286. The molecule has 0 saturated heterocycles. The van der Waals surface area contributed by atoms with Crippen molar-refractivity contribution in [1.29, 1.82) is 0 Å². The van der Waals surface area contributed by atoms with E-state index in [0.29, 0.717) is 5.84 Å². The third-order valence-corrected chi connectivity index (χ3v) is 1.56. The maximum Gasteiger partial charge on any atom is 0.171 e. The van der Waals surface area contributed by atoms with Crippen LogP contribution in [0.4, 0.5) is 0 Å².